The van der Waals surface area contributed by atoms with Crippen LogP contribution in [-0.4, -0.2) is 23.0 Å². The van der Waals surface area contributed by atoms with Crippen LogP contribution in [0.25, 0.3) is 11.1 Å². The SMILES string of the molecule is CC(OC(=O)c1ccc2ocnc2c1)C(=O)Nc1ccc(Oc2ccccc2)cc1. The van der Waals surface area contributed by atoms with Crippen LogP contribution in [0.5, 0.6) is 11.5 Å². The maximum absolute atomic E-state index is 12.4. The van der Waals surface area contributed by atoms with Crippen LogP contribution in [0, 0.1) is 0 Å². The van der Waals surface area contributed by atoms with E-state index in [4.69, 9.17) is 13.9 Å². The number of anilines is 1. The summed E-state index contributed by atoms with van der Waals surface area (Å²) in [5.41, 5.74) is 1.96. The van der Waals surface area contributed by atoms with Gasteiger partial charge in [-0.05, 0) is 61.5 Å². The van der Waals surface area contributed by atoms with E-state index in [0.29, 0.717) is 28.1 Å². The first-order valence-corrected chi connectivity index (χ1v) is 9.26. The molecular formula is C23H18N2O5. The van der Waals surface area contributed by atoms with Crippen molar-refractivity contribution in [2.75, 3.05) is 5.32 Å². The molecule has 4 aromatic rings. The molecular weight excluding hydrogens is 384 g/mol. The first kappa shape index (κ1) is 19.2. The van der Waals surface area contributed by atoms with Gasteiger partial charge in [0.15, 0.2) is 18.1 Å². The molecule has 1 aromatic heterocycles. The maximum Gasteiger partial charge on any atom is 0.338 e. The summed E-state index contributed by atoms with van der Waals surface area (Å²) in [6.07, 6.45) is 0.317. The van der Waals surface area contributed by atoms with Crippen molar-refractivity contribution in [1.29, 1.82) is 0 Å². The second-order valence-electron chi connectivity index (χ2n) is 6.51. The largest absolute Gasteiger partial charge is 0.457 e. The molecule has 3 aromatic carbocycles. The highest BCUT2D eigenvalue weighted by Gasteiger charge is 2.19. The fraction of sp³-hybridized carbons (Fsp3) is 0.0870. The van der Waals surface area contributed by atoms with E-state index < -0.39 is 18.0 Å². The standard InChI is InChI=1S/C23H18N2O5/c1-15(29-23(27)16-7-12-21-20(13-16)24-14-28-21)22(26)25-17-8-10-19(11-9-17)30-18-5-3-2-4-6-18/h2-15H,1H3,(H,25,26). The zero-order valence-electron chi connectivity index (χ0n) is 16.1. The molecule has 1 N–H and O–H groups in total. The molecule has 7 nitrogen and oxygen atoms in total. The predicted octanol–water partition coefficient (Wildman–Crippen LogP) is 4.80. The maximum atomic E-state index is 12.4. The molecule has 0 radical (unpaired) electrons. The van der Waals surface area contributed by atoms with Crippen molar-refractivity contribution >= 4 is 28.7 Å². The van der Waals surface area contributed by atoms with Gasteiger partial charge in [-0.15, -0.1) is 0 Å². The van der Waals surface area contributed by atoms with Gasteiger partial charge in [-0.2, -0.15) is 0 Å². The number of nitrogens with one attached hydrogen (secondary N) is 1. The third kappa shape index (κ3) is 4.47. The smallest absolute Gasteiger partial charge is 0.338 e. The van der Waals surface area contributed by atoms with Gasteiger partial charge in [0, 0.05) is 5.69 Å². The molecule has 0 aliphatic carbocycles. The van der Waals surface area contributed by atoms with Gasteiger partial charge in [0.1, 0.15) is 17.0 Å². The third-order valence-corrected chi connectivity index (χ3v) is 4.32. The fourth-order valence-corrected chi connectivity index (χ4v) is 2.74. The van der Waals surface area contributed by atoms with Crippen LogP contribution in [0.4, 0.5) is 5.69 Å². The van der Waals surface area contributed by atoms with Crippen LogP contribution in [-0.2, 0) is 9.53 Å². The monoisotopic (exact) mass is 402 g/mol. The summed E-state index contributed by atoms with van der Waals surface area (Å²) in [5.74, 6) is 0.303. The van der Waals surface area contributed by atoms with E-state index in [1.165, 1.54) is 13.3 Å². The molecule has 1 heterocycles. The molecule has 0 aliphatic heterocycles. The number of esters is 1. The Morgan fingerprint density at radius 2 is 1.70 bits per heavy atom. The van der Waals surface area contributed by atoms with Crippen molar-refractivity contribution in [2.45, 2.75) is 13.0 Å². The second-order valence-corrected chi connectivity index (χ2v) is 6.51. The number of carbonyl (C=O) groups is 2. The van der Waals surface area contributed by atoms with Crippen LogP contribution in [0.15, 0.2) is 83.6 Å². The number of carbonyl (C=O) groups excluding carboxylic acids is 2. The highest BCUT2D eigenvalue weighted by atomic mass is 16.5. The number of hydrogen-bond acceptors (Lipinski definition) is 6. The molecule has 0 saturated heterocycles. The Bertz CT molecular complexity index is 1170. The molecule has 30 heavy (non-hydrogen) atoms. The van der Waals surface area contributed by atoms with Crippen LogP contribution in [0.1, 0.15) is 17.3 Å². The van der Waals surface area contributed by atoms with Crippen molar-refractivity contribution in [1.82, 2.24) is 4.98 Å². The van der Waals surface area contributed by atoms with E-state index in [0.717, 1.165) is 5.75 Å². The highest BCUT2D eigenvalue weighted by molar-refractivity contribution is 5.98. The summed E-state index contributed by atoms with van der Waals surface area (Å²) in [7, 11) is 0. The first-order chi connectivity index (χ1) is 14.6. The van der Waals surface area contributed by atoms with Crippen LogP contribution in [0.3, 0.4) is 0 Å². The van der Waals surface area contributed by atoms with Gasteiger partial charge in [-0.25, -0.2) is 9.78 Å². The molecule has 7 heteroatoms. The van der Waals surface area contributed by atoms with Crippen molar-refractivity contribution < 1.29 is 23.5 Å². The van der Waals surface area contributed by atoms with Crippen molar-refractivity contribution in [3.63, 3.8) is 0 Å². The van der Waals surface area contributed by atoms with E-state index in [1.807, 2.05) is 30.3 Å². The summed E-state index contributed by atoms with van der Waals surface area (Å²) in [6.45, 7) is 1.51. The lowest BCUT2D eigenvalue weighted by Crippen LogP contribution is -2.30. The minimum atomic E-state index is -0.981. The molecule has 1 amide bonds. The average Bonchev–Trinajstić information content (AvgIpc) is 3.23. The molecule has 0 aliphatic rings. The minimum absolute atomic E-state index is 0.290. The lowest BCUT2D eigenvalue weighted by Gasteiger charge is -2.14. The third-order valence-electron chi connectivity index (χ3n) is 4.32. The van der Waals surface area contributed by atoms with Gasteiger partial charge in [0.25, 0.3) is 5.91 Å². The molecule has 0 spiro atoms. The van der Waals surface area contributed by atoms with Gasteiger partial charge in [-0.3, -0.25) is 4.79 Å². The Morgan fingerprint density at radius 3 is 2.47 bits per heavy atom. The molecule has 1 atom stereocenters. The van der Waals surface area contributed by atoms with E-state index >= 15 is 0 Å². The Kier molecular flexibility index (Phi) is 5.43. The number of rotatable bonds is 6. The normalized spacial score (nSPS) is 11.6. The number of nitrogens with zero attached hydrogens (tertiary/aromatic N) is 1. The van der Waals surface area contributed by atoms with Gasteiger partial charge in [0.2, 0.25) is 0 Å². The predicted molar refractivity (Wildman–Crippen MR) is 110 cm³/mol. The molecule has 0 fully saturated rings. The number of oxazole rings is 1. The lowest BCUT2D eigenvalue weighted by atomic mass is 10.2. The summed E-state index contributed by atoms with van der Waals surface area (Å²) >= 11 is 0. The number of fused-ring (bicyclic) bond motifs is 1. The topological polar surface area (TPSA) is 90.7 Å². The first-order valence-electron chi connectivity index (χ1n) is 9.26. The van der Waals surface area contributed by atoms with E-state index in [9.17, 15) is 9.59 Å². The van der Waals surface area contributed by atoms with Crippen molar-refractivity contribution in [3.8, 4) is 11.5 Å². The number of amides is 1. The van der Waals surface area contributed by atoms with Gasteiger partial charge in [0.05, 0.1) is 5.56 Å². The Morgan fingerprint density at radius 1 is 0.967 bits per heavy atom. The van der Waals surface area contributed by atoms with E-state index in [2.05, 4.69) is 10.3 Å². The molecule has 0 saturated carbocycles. The molecule has 0 bridgehead atoms. The van der Waals surface area contributed by atoms with Crippen LogP contribution in [0.2, 0.25) is 0 Å². The molecule has 4 rings (SSSR count). The van der Waals surface area contributed by atoms with Crippen LogP contribution < -0.4 is 10.1 Å². The van der Waals surface area contributed by atoms with Crippen molar-refractivity contribution in [3.05, 3.63) is 84.8 Å². The Labute approximate surface area is 172 Å². The Balaban J connectivity index is 1.34. The van der Waals surface area contributed by atoms with Crippen LogP contribution >= 0.6 is 0 Å². The lowest BCUT2D eigenvalue weighted by molar-refractivity contribution is -0.123. The van der Waals surface area contributed by atoms with Gasteiger partial charge < -0.3 is 19.2 Å². The summed E-state index contributed by atoms with van der Waals surface area (Å²) < 4.78 is 16.1. The van der Waals surface area contributed by atoms with E-state index in [1.54, 1.807) is 42.5 Å². The molecule has 1 unspecified atom stereocenters. The second kappa shape index (κ2) is 8.48. The summed E-state index contributed by atoms with van der Waals surface area (Å²) in [4.78, 5) is 28.7. The van der Waals surface area contributed by atoms with Crippen molar-refractivity contribution in [2.24, 2.45) is 0 Å². The number of aromatic nitrogens is 1. The zero-order valence-corrected chi connectivity index (χ0v) is 16.1. The van der Waals surface area contributed by atoms with Gasteiger partial charge in [-0.1, -0.05) is 18.2 Å². The quantitative estimate of drug-likeness (QED) is 0.466. The summed E-state index contributed by atoms with van der Waals surface area (Å²) in [6, 6.07) is 21.0. The fourth-order valence-electron chi connectivity index (χ4n) is 2.74. The number of hydrogen-bond donors (Lipinski definition) is 1. The summed E-state index contributed by atoms with van der Waals surface area (Å²) in [5, 5.41) is 2.72. The molecule has 150 valence electrons. The van der Waals surface area contributed by atoms with E-state index in [-0.39, 0.29) is 0 Å². The zero-order chi connectivity index (χ0) is 20.9. The minimum Gasteiger partial charge on any atom is -0.457 e. The van der Waals surface area contributed by atoms with Gasteiger partial charge >= 0.3 is 5.97 Å². The Hall–Kier alpha value is -4.13. The highest BCUT2D eigenvalue weighted by Crippen LogP contribution is 2.23. The number of benzene rings is 3. The average molecular weight is 402 g/mol. The number of para-hydroxylation sites is 1. The number of ether oxygens (including phenoxy) is 2.